The maximum absolute atomic E-state index is 13.1. The van der Waals surface area contributed by atoms with Crippen molar-refractivity contribution >= 4 is 17.9 Å². The van der Waals surface area contributed by atoms with Crippen molar-refractivity contribution in [2.75, 3.05) is 13.2 Å². The number of nitrogens with zero attached hydrogens (tertiary/aromatic N) is 1. The van der Waals surface area contributed by atoms with Gasteiger partial charge in [-0.2, -0.15) is 0 Å². The van der Waals surface area contributed by atoms with E-state index in [0.717, 1.165) is 18.4 Å². The first kappa shape index (κ1) is 19.6. The van der Waals surface area contributed by atoms with Crippen LogP contribution in [-0.2, 0) is 9.53 Å². The van der Waals surface area contributed by atoms with Gasteiger partial charge in [-0.1, -0.05) is 19.4 Å². The van der Waals surface area contributed by atoms with Crippen molar-refractivity contribution < 1.29 is 23.4 Å². The zero-order valence-electron chi connectivity index (χ0n) is 15.9. The molecular weight excluding hydrogens is 361 g/mol. The van der Waals surface area contributed by atoms with Gasteiger partial charge in [0.2, 0.25) is 5.90 Å². The van der Waals surface area contributed by atoms with Gasteiger partial charge in [0.05, 0.1) is 13.2 Å². The third-order valence-corrected chi connectivity index (χ3v) is 4.04. The zero-order valence-corrected chi connectivity index (χ0v) is 15.9. The second-order valence-corrected chi connectivity index (χ2v) is 6.18. The molecule has 0 fully saturated rings. The lowest BCUT2D eigenvalue weighted by Crippen LogP contribution is -2.05. The van der Waals surface area contributed by atoms with Crippen molar-refractivity contribution in [1.29, 1.82) is 0 Å². The molecule has 0 spiro atoms. The Kier molecular flexibility index (Phi) is 6.42. The van der Waals surface area contributed by atoms with Crippen LogP contribution in [-0.4, -0.2) is 25.1 Å². The molecule has 0 atom stereocenters. The van der Waals surface area contributed by atoms with Crippen LogP contribution in [0.25, 0.3) is 6.08 Å². The molecule has 0 saturated carbocycles. The quantitative estimate of drug-likeness (QED) is 0.375. The lowest BCUT2D eigenvalue weighted by Gasteiger charge is -2.12. The highest BCUT2D eigenvalue weighted by Crippen LogP contribution is 2.30. The Morgan fingerprint density at radius 1 is 1.07 bits per heavy atom. The predicted molar refractivity (Wildman–Crippen MR) is 105 cm³/mol. The van der Waals surface area contributed by atoms with E-state index in [1.54, 1.807) is 12.1 Å². The fourth-order valence-corrected chi connectivity index (χ4v) is 2.61. The molecule has 146 valence electrons. The monoisotopic (exact) mass is 383 g/mol. The van der Waals surface area contributed by atoms with E-state index in [9.17, 15) is 9.18 Å². The highest BCUT2D eigenvalue weighted by molar-refractivity contribution is 6.12. The lowest BCUT2D eigenvalue weighted by atomic mass is 10.1. The Balaban J connectivity index is 1.84. The molecule has 0 aliphatic carbocycles. The highest BCUT2D eigenvalue weighted by Gasteiger charge is 2.24. The summed E-state index contributed by atoms with van der Waals surface area (Å²) in [7, 11) is 0. The molecule has 1 aliphatic heterocycles. The number of rotatable bonds is 8. The summed E-state index contributed by atoms with van der Waals surface area (Å²) < 4.78 is 29.7. The molecule has 0 radical (unpaired) electrons. The SMILES string of the molecule is CCCCOc1ccc(/C=C2/N=C(c3ccc(F)cc3)OC2=O)cc1OCC. The molecule has 2 aromatic carbocycles. The molecular formula is C22H22FNO4. The molecule has 0 saturated heterocycles. The molecule has 0 amide bonds. The summed E-state index contributed by atoms with van der Waals surface area (Å²) >= 11 is 0. The molecule has 0 aromatic heterocycles. The van der Waals surface area contributed by atoms with Gasteiger partial charge in [-0.3, -0.25) is 0 Å². The molecule has 1 aliphatic rings. The van der Waals surface area contributed by atoms with Crippen molar-refractivity contribution in [1.82, 2.24) is 0 Å². The third kappa shape index (κ3) is 4.76. The summed E-state index contributed by atoms with van der Waals surface area (Å²) in [6.45, 7) is 5.12. The van der Waals surface area contributed by atoms with E-state index < -0.39 is 5.97 Å². The number of aliphatic imine (C=N–C) groups is 1. The summed E-state index contributed by atoms with van der Waals surface area (Å²) in [4.78, 5) is 16.4. The summed E-state index contributed by atoms with van der Waals surface area (Å²) in [5.41, 5.74) is 1.44. The molecule has 5 nitrogen and oxygen atoms in total. The Labute approximate surface area is 163 Å². The number of hydrogen-bond donors (Lipinski definition) is 0. The van der Waals surface area contributed by atoms with Crippen molar-refractivity contribution in [3.05, 3.63) is 65.1 Å². The molecule has 0 bridgehead atoms. The summed E-state index contributed by atoms with van der Waals surface area (Å²) in [6.07, 6.45) is 3.63. The van der Waals surface area contributed by atoms with Crippen LogP contribution in [0, 0.1) is 5.82 Å². The maximum Gasteiger partial charge on any atom is 0.363 e. The molecule has 28 heavy (non-hydrogen) atoms. The number of carbonyl (C=O) groups excluding carboxylic acids is 1. The van der Waals surface area contributed by atoms with Crippen LogP contribution < -0.4 is 9.47 Å². The van der Waals surface area contributed by atoms with Crippen LogP contribution in [0.1, 0.15) is 37.8 Å². The second kappa shape index (κ2) is 9.17. The normalized spacial score (nSPS) is 14.8. The van der Waals surface area contributed by atoms with Crippen LogP contribution in [0.4, 0.5) is 4.39 Å². The van der Waals surface area contributed by atoms with Crippen LogP contribution in [0.3, 0.4) is 0 Å². The van der Waals surface area contributed by atoms with Gasteiger partial charge in [-0.15, -0.1) is 0 Å². The average molecular weight is 383 g/mol. The van der Waals surface area contributed by atoms with E-state index in [-0.39, 0.29) is 17.4 Å². The molecule has 6 heteroatoms. The average Bonchev–Trinajstić information content (AvgIpc) is 3.05. The van der Waals surface area contributed by atoms with E-state index in [0.29, 0.717) is 30.3 Å². The second-order valence-electron chi connectivity index (χ2n) is 6.18. The largest absolute Gasteiger partial charge is 0.490 e. The van der Waals surface area contributed by atoms with E-state index in [1.165, 1.54) is 24.3 Å². The van der Waals surface area contributed by atoms with Gasteiger partial charge in [-0.05, 0) is 61.4 Å². The first-order valence-electron chi connectivity index (χ1n) is 9.29. The molecule has 0 unspecified atom stereocenters. The minimum atomic E-state index is -0.555. The topological polar surface area (TPSA) is 57.1 Å². The van der Waals surface area contributed by atoms with Crippen LogP contribution in [0.5, 0.6) is 11.5 Å². The predicted octanol–water partition coefficient (Wildman–Crippen LogP) is 4.75. The fourth-order valence-electron chi connectivity index (χ4n) is 2.61. The van der Waals surface area contributed by atoms with Crippen molar-refractivity contribution in [3.8, 4) is 11.5 Å². The fraction of sp³-hybridized carbons (Fsp3) is 0.273. The number of hydrogen-bond acceptors (Lipinski definition) is 5. The summed E-state index contributed by atoms with van der Waals surface area (Å²) in [5, 5.41) is 0. The summed E-state index contributed by atoms with van der Waals surface area (Å²) in [6, 6.07) is 11.1. The van der Waals surface area contributed by atoms with E-state index in [1.807, 2.05) is 19.1 Å². The minimum absolute atomic E-state index is 0.154. The highest BCUT2D eigenvalue weighted by atomic mass is 19.1. The molecule has 3 rings (SSSR count). The molecule has 2 aromatic rings. The zero-order chi connectivity index (χ0) is 19.9. The number of unbranched alkanes of at least 4 members (excludes halogenated alkanes) is 1. The van der Waals surface area contributed by atoms with Gasteiger partial charge in [0.15, 0.2) is 17.2 Å². The number of ether oxygens (including phenoxy) is 3. The minimum Gasteiger partial charge on any atom is -0.490 e. The number of esters is 1. The summed E-state index contributed by atoms with van der Waals surface area (Å²) in [5.74, 6) is 0.513. The van der Waals surface area contributed by atoms with Crippen molar-refractivity contribution in [2.45, 2.75) is 26.7 Å². The third-order valence-electron chi connectivity index (χ3n) is 4.04. The first-order chi connectivity index (χ1) is 13.6. The van der Waals surface area contributed by atoms with Crippen LogP contribution >= 0.6 is 0 Å². The van der Waals surface area contributed by atoms with E-state index in [4.69, 9.17) is 14.2 Å². The van der Waals surface area contributed by atoms with E-state index in [2.05, 4.69) is 11.9 Å². The van der Waals surface area contributed by atoms with Crippen molar-refractivity contribution in [3.63, 3.8) is 0 Å². The Morgan fingerprint density at radius 3 is 2.57 bits per heavy atom. The van der Waals surface area contributed by atoms with Gasteiger partial charge in [0.1, 0.15) is 5.82 Å². The van der Waals surface area contributed by atoms with Crippen molar-refractivity contribution in [2.24, 2.45) is 4.99 Å². The van der Waals surface area contributed by atoms with Gasteiger partial charge in [-0.25, -0.2) is 14.2 Å². The molecule has 0 N–H and O–H groups in total. The standard InChI is InChI=1S/C22H22FNO4/c1-3-5-12-27-19-11-6-15(14-20(19)26-4-2)13-18-22(25)28-21(24-18)16-7-9-17(23)10-8-16/h6-11,13-14H,3-5,12H2,1-2H3/b18-13+. The van der Waals surface area contributed by atoms with Gasteiger partial charge in [0, 0.05) is 5.56 Å². The van der Waals surface area contributed by atoms with Crippen LogP contribution in [0.2, 0.25) is 0 Å². The number of halogens is 1. The van der Waals surface area contributed by atoms with Gasteiger partial charge < -0.3 is 14.2 Å². The Morgan fingerprint density at radius 2 is 1.86 bits per heavy atom. The Bertz CT molecular complexity index is 903. The number of benzene rings is 2. The van der Waals surface area contributed by atoms with Gasteiger partial charge >= 0.3 is 5.97 Å². The first-order valence-corrected chi connectivity index (χ1v) is 9.29. The maximum atomic E-state index is 13.1. The number of cyclic esters (lactones) is 1. The number of carbonyl (C=O) groups is 1. The lowest BCUT2D eigenvalue weighted by molar-refractivity contribution is -0.129. The molecule has 1 heterocycles. The van der Waals surface area contributed by atoms with E-state index >= 15 is 0 Å². The smallest absolute Gasteiger partial charge is 0.363 e. The van der Waals surface area contributed by atoms with Crippen LogP contribution in [0.15, 0.2) is 53.2 Å². The Hall–Kier alpha value is -3.15. The van der Waals surface area contributed by atoms with Gasteiger partial charge in [0.25, 0.3) is 0 Å².